The van der Waals surface area contributed by atoms with Crippen LogP contribution in [0.5, 0.6) is 0 Å². The van der Waals surface area contributed by atoms with Crippen molar-refractivity contribution in [3.8, 4) is 0 Å². The van der Waals surface area contributed by atoms with Crippen molar-refractivity contribution in [2.24, 2.45) is 46.3 Å². The van der Waals surface area contributed by atoms with Crippen LogP contribution in [-0.2, 0) is 4.74 Å². The summed E-state index contributed by atoms with van der Waals surface area (Å²) in [7, 11) is 0. The standard InChI is InChI=1S/C34H52N2O2.C2H6/c1-21(2)7-6-8-22(3)29-13-14-30-28-12-10-24-9-11-27(20-34(24,5)31(28)15-16-33(29,30)4)38-32(37)23-17-25(35)19-26(36)18-23;1-2/h10,17-19,21-22,27-31H,6-9,11-16,20,35-36H2,1-5H3;1-2H3. The van der Waals surface area contributed by atoms with Gasteiger partial charge >= 0.3 is 5.97 Å². The number of nitrogens with two attached hydrogens (primary N) is 2. The van der Waals surface area contributed by atoms with Crippen LogP contribution in [0.4, 0.5) is 11.4 Å². The Bertz CT molecular complexity index is 1040. The van der Waals surface area contributed by atoms with E-state index in [1.165, 1.54) is 51.4 Å². The second kappa shape index (κ2) is 12.5. The first kappa shape index (κ1) is 31.0. The molecule has 4 aliphatic carbocycles. The maximum Gasteiger partial charge on any atom is 0.338 e. The number of nitrogen functional groups attached to an aromatic ring is 2. The summed E-state index contributed by atoms with van der Waals surface area (Å²) in [5.41, 5.74) is 15.6. The quantitative estimate of drug-likeness (QED) is 0.201. The molecular formula is C36H58N2O2. The van der Waals surface area contributed by atoms with Crippen LogP contribution in [0.2, 0.25) is 0 Å². The number of benzene rings is 1. The van der Waals surface area contributed by atoms with Gasteiger partial charge in [0.1, 0.15) is 6.10 Å². The second-order valence-corrected chi connectivity index (χ2v) is 14.4. The first-order valence-electron chi connectivity index (χ1n) is 16.6. The number of allylic oxidation sites excluding steroid dienone is 2. The van der Waals surface area contributed by atoms with E-state index in [4.69, 9.17) is 16.2 Å². The summed E-state index contributed by atoms with van der Waals surface area (Å²) in [5, 5.41) is 0. The zero-order valence-corrected chi connectivity index (χ0v) is 26.6. The summed E-state index contributed by atoms with van der Waals surface area (Å²) in [5.74, 6) is 4.56. The van der Waals surface area contributed by atoms with Gasteiger partial charge in [0.15, 0.2) is 0 Å². The summed E-state index contributed by atoms with van der Waals surface area (Å²) in [6.07, 6.45) is 16.4. The van der Waals surface area contributed by atoms with Crippen molar-refractivity contribution in [3.05, 3.63) is 35.4 Å². The highest BCUT2D eigenvalue weighted by Gasteiger charge is 2.59. The lowest BCUT2D eigenvalue weighted by Gasteiger charge is -2.58. The van der Waals surface area contributed by atoms with Crippen LogP contribution >= 0.6 is 0 Å². The van der Waals surface area contributed by atoms with E-state index >= 15 is 0 Å². The predicted octanol–water partition coefficient (Wildman–Crippen LogP) is 9.44. The van der Waals surface area contributed by atoms with Crippen molar-refractivity contribution in [2.45, 2.75) is 125 Å². The molecule has 4 nitrogen and oxygen atoms in total. The minimum absolute atomic E-state index is 0.0447. The van der Waals surface area contributed by atoms with E-state index in [9.17, 15) is 4.79 Å². The molecule has 3 fully saturated rings. The van der Waals surface area contributed by atoms with Crippen molar-refractivity contribution in [1.82, 2.24) is 0 Å². The van der Waals surface area contributed by atoms with Gasteiger partial charge in [0.25, 0.3) is 0 Å². The summed E-state index contributed by atoms with van der Waals surface area (Å²) in [4.78, 5) is 13.0. The maximum absolute atomic E-state index is 13.0. The van der Waals surface area contributed by atoms with Crippen molar-refractivity contribution in [2.75, 3.05) is 11.5 Å². The Morgan fingerprint density at radius 3 is 2.35 bits per heavy atom. The summed E-state index contributed by atoms with van der Waals surface area (Å²) >= 11 is 0. The molecule has 8 atom stereocenters. The molecule has 4 aliphatic rings. The number of ether oxygens (including phenoxy) is 1. The number of hydrogen-bond donors (Lipinski definition) is 2. The van der Waals surface area contributed by atoms with E-state index in [2.05, 4.69) is 40.7 Å². The van der Waals surface area contributed by atoms with Gasteiger partial charge in [-0.15, -0.1) is 0 Å². The fraction of sp³-hybridized carbons (Fsp3) is 0.750. The van der Waals surface area contributed by atoms with Gasteiger partial charge in [0, 0.05) is 11.4 Å². The van der Waals surface area contributed by atoms with Crippen LogP contribution < -0.4 is 11.5 Å². The molecule has 0 amide bonds. The Kier molecular flexibility index (Phi) is 9.67. The average molecular weight is 551 g/mol. The van der Waals surface area contributed by atoms with Crippen LogP contribution in [0.25, 0.3) is 0 Å². The van der Waals surface area contributed by atoms with Gasteiger partial charge in [-0.2, -0.15) is 0 Å². The largest absolute Gasteiger partial charge is 0.459 e. The van der Waals surface area contributed by atoms with Crippen LogP contribution in [0.3, 0.4) is 0 Å². The fourth-order valence-electron chi connectivity index (χ4n) is 9.86. The zero-order valence-electron chi connectivity index (χ0n) is 26.6. The molecule has 4 heteroatoms. The molecule has 4 N–H and O–H groups in total. The lowest BCUT2D eigenvalue weighted by molar-refractivity contribution is -0.0670. The molecule has 224 valence electrons. The van der Waals surface area contributed by atoms with Crippen molar-refractivity contribution >= 4 is 17.3 Å². The molecule has 0 radical (unpaired) electrons. The molecule has 40 heavy (non-hydrogen) atoms. The molecule has 0 aromatic heterocycles. The van der Waals surface area contributed by atoms with Gasteiger partial charge in [-0.25, -0.2) is 4.79 Å². The third-order valence-corrected chi connectivity index (χ3v) is 11.7. The van der Waals surface area contributed by atoms with Crippen LogP contribution in [0.1, 0.15) is 129 Å². The van der Waals surface area contributed by atoms with Crippen LogP contribution in [0, 0.1) is 46.3 Å². The molecule has 0 saturated heterocycles. The molecule has 0 bridgehead atoms. The van der Waals surface area contributed by atoms with Crippen LogP contribution in [-0.4, -0.2) is 12.1 Å². The minimum atomic E-state index is -0.293. The first-order chi connectivity index (χ1) is 19.0. The highest BCUT2D eigenvalue weighted by Crippen LogP contribution is 2.67. The molecule has 0 aliphatic heterocycles. The molecule has 0 heterocycles. The van der Waals surface area contributed by atoms with E-state index in [1.54, 1.807) is 23.8 Å². The second-order valence-electron chi connectivity index (χ2n) is 14.4. The molecule has 1 aromatic rings. The summed E-state index contributed by atoms with van der Waals surface area (Å²) in [6.45, 7) is 16.4. The monoisotopic (exact) mass is 550 g/mol. The van der Waals surface area contributed by atoms with Crippen molar-refractivity contribution in [3.63, 3.8) is 0 Å². The molecule has 1 aromatic carbocycles. The highest BCUT2D eigenvalue weighted by atomic mass is 16.5. The third kappa shape index (κ3) is 5.97. The van der Waals surface area contributed by atoms with E-state index in [0.717, 1.165) is 48.9 Å². The topological polar surface area (TPSA) is 78.3 Å². The normalized spacial score (nSPS) is 35.4. The Morgan fingerprint density at radius 2 is 1.68 bits per heavy atom. The van der Waals surface area contributed by atoms with Crippen molar-refractivity contribution in [1.29, 1.82) is 0 Å². The lowest BCUT2D eigenvalue weighted by Crippen LogP contribution is -2.51. The Labute approximate surface area is 245 Å². The van der Waals surface area contributed by atoms with Gasteiger partial charge in [0.2, 0.25) is 0 Å². The Hall–Kier alpha value is -1.97. The molecule has 3 saturated carbocycles. The number of anilines is 2. The predicted molar refractivity (Wildman–Crippen MR) is 169 cm³/mol. The number of hydrogen-bond acceptors (Lipinski definition) is 4. The number of rotatable bonds is 7. The summed E-state index contributed by atoms with van der Waals surface area (Å²) in [6, 6.07) is 5.02. The number of carbonyl (C=O) groups excluding carboxylic acids is 1. The number of carbonyl (C=O) groups is 1. The fourth-order valence-corrected chi connectivity index (χ4v) is 9.86. The van der Waals surface area contributed by atoms with E-state index in [1.807, 2.05) is 13.8 Å². The third-order valence-electron chi connectivity index (χ3n) is 11.7. The van der Waals surface area contributed by atoms with Crippen molar-refractivity contribution < 1.29 is 9.53 Å². The van der Waals surface area contributed by atoms with E-state index in [-0.39, 0.29) is 17.5 Å². The summed E-state index contributed by atoms with van der Waals surface area (Å²) < 4.78 is 6.11. The Morgan fingerprint density at radius 1 is 0.975 bits per heavy atom. The van der Waals surface area contributed by atoms with E-state index < -0.39 is 0 Å². The average Bonchev–Trinajstić information content (AvgIpc) is 3.26. The van der Waals surface area contributed by atoms with Gasteiger partial charge in [-0.05, 0) is 116 Å². The molecule has 8 unspecified atom stereocenters. The number of fused-ring (bicyclic) bond motifs is 5. The van der Waals surface area contributed by atoms with Gasteiger partial charge in [-0.1, -0.05) is 79.4 Å². The molecule has 0 spiro atoms. The zero-order chi connectivity index (χ0) is 29.2. The van der Waals surface area contributed by atoms with Crippen LogP contribution in [0.15, 0.2) is 29.8 Å². The maximum atomic E-state index is 13.0. The molecule has 5 rings (SSSR count). The minimum Gasteiger partial charge on any atom is -0.459 e. The van der Waals surface area contributed by atoms with Gasteiger partial charge in [0.05, 0.1) is 5.56 Å². The van der Waals surface area contributed by atoms with Gasteiger partial charge in [-0.3, -0.25) is 0 Å². The SMILES string of the molecule is CC.CC(C)CCCC(C)C1CCC2C3CC=C4CCC(OC(=O)c5cc(N)cc(N)c5)CC4(C)C3CCC12C. The smallest absolute Gasteiger partial charge is 0.338 e. The first-order valence-corrected chi connectivity index (χ1v) is 16.6. The number of esters is 1. The molecular weight excluding hydrogens is 492 g/mol. The Balaban J connectivity index is 0.00000181. The van der Waals surface area contributed by atoms with Gasteiger partial charge < -0.3 is 16.2 Å². The lowest BCUT2D eigenvalue weighted by atomic mass is 9.47. The van der Waals surface area contributed by atoms with E-state index in [0.29, 0.717) is 28.3 Å². The highest BCUT2D eigenvalue weighted by molar-refractivity contribution is 5.91.